The van der Waals surface area contributed by atoms with Gasteiger partial charge in [-0.3, -0.25) is 24.1 Å². The van der Waals surface area contributed by atoms with Gasteiger partial charge in [0, 0.05) is 13.0 Å². The van der Waals surface area contributed by atoms with Crippen LogP contribution < -0.4 is 10.6 Å². The van der Waals surface area contributed by atoms with E-state index >= 15 is 0 Å². The van der Waals surface area contributed by atoms with Crippen molar-refractivity contribution in [2.45, 2.75) is 64.1 Å². The summed E-state index contributed by atoms with van der Waals surface area (Å²) >= 11 is 0. The van der Waals surface area contributed by atoms with Gasteiger partial charge in [0.15, 0.2) is 0 Å². The predicted molar refractivity (Wildman–Crippen MR) is 110 cm³/mol. The lowest BCUT2D eigenvalue weighted by atomic mass is 10.1. The van der Waals surface area contributed by atoms with Gasteiger partial charge >= 0.3 is 5.97 Å². The highest BCUT2D eigenvalue weighted by Gasteiger charge is 2.43. The number of ether oxygens (including phenoxy) is 1. The molecule has 2 N–H and O–H groups in total. The van der Waals surface area contributed by atoms with Gasteiger partial charge in [-0.15, -0.1) is 0 Å². The van der Waals surface area contributed by atoms with E-state index in [4.69, 9.17) is 4.74 Å². The van der Waals surface area contributed by atoms with Gasteiger partial charge < -0.3 is 15.4 Å². The van der Waals surface area contributed by atoms with E-state index in [0.717, 1.165) is 4.90 Å². The second-order valence-electron chi connectivity index (χ2n) is 8.67. The third kappa shape index (κ3) is 5.10. The summed E-state index contributed by atoms with van der Waals surface area (Å²) in [4.78, 5) is 64.6. The zero-order valence-corrected chi connectivity index (χ0v) is 17.9. The third-order valence-corrected chi connectivity index (χ3v) is 5.08. The number of imide groups is 1. The van der Waals surface area contributed by atoms with E-state index in [1.54, 1.807) is 32.9 Å². The molecule has 31 heavy (non-hydrogen) atoms. The number of nitrogens with zero attached hydrogens (tertiary/aromatic N) is 1. The van der Waals surface area contributed by atoms with E-state index in [1.165, 1.54) is 12.1 Å². The van der Waals surface area contributed by atoms with Crippen LogP contribution in [0.25, 0.3) is 0 Å². The predicted octanol–water partition coefficient (Wildman–Crippen LogP) is 1.17. The number of fused-ring (bicyclic) bond motifs is 1. The smallest absolute Gasteiger partial charge is 0.329 e. The normalized spacial score (nSPS) is 22.9. The maximum Gasteiger partial charge on any atom is 0.329 e. The summed E-state index contributed by atoms with van der Waals surface area (Å²) in [6.45, 7) is 5.50. The first-order valence-electron chi connectivity index (χ1n) is 10.4. The third-order valence-electron chi connectivity index (χ3n) is 5.08. The van der Waals surface area contributed by atoms with Crippen LogP contribution in [-0.2, 0) is 19.1 Å². The number of hydrogen-bond acceptors (Lipinski definition) is 6. The lowest BCUT2D eigenvalue weighted by molar-refractivity contribution is -0.159. The monoisotopic (exact) mass is 429 g/mol. The lowest BCUT2D eigenvalue weighted by Crippen LogP contribution is -2.54. The van der Waals surface area contributed by atoms with Crippen molar-refractivity contribution in [2.75, 3.05) is 6.54 Å². The maximum atomic E-state index is 13.2. The molecular weight excluding hydrogens is 402 g/mol. The Morgan fingerprint density at radius 3 is 2.23 bits per heavy atom. The summed E-state index contributed by atoms with van der Waals surface area (Å²) in [6.07, 6.45) is 0.607. The molecule has 1 fully saturated rings. The first-order valence-corrected chi connectivity index (χ1v) is 10.4. The fraction of sp³-hybridized carbons (Fsp3) is 0.500. The van der Waals surface area contributed by atoms with Crippen LogP contribution in [0.5, 0.6) is 0 Å². The van der Waals surface area contributed by atoms with E-state index < -0.39 is 41.4 Å². The summed E-state index contributed by atoms with van der Waals surface area (Å²) in [5, 5.41) is 5.38. The number of rotatable bonds is 2. The van der Waals surface area contributed by atoms with Crippen molar-refractivity contribution in [3.8, 4) is 0 Å². The Hall–Kier alpha value is -3.23. The lowest BCUT2D eigenvalue weighted by Gasteiger charge is -2.28. The van der Waals surface area contributed by atoms with Crippen molar-refractivity contribution in [1.29, 1.82) is 0 Å². The standard InChI is InChI=1S/C22H27N3O6/c1-22(2,3)31-21(30)15-9-6-12-23-17(26)11-10-16(18(27)24-15)25-19(28)13-7-4-5-8-14(13)20(25)29/h4-5,7-8,15-16H,6,9-12H2,1-3H3,(H,23,26)(H,24,27). The number of nitrogens with one attached hydrogen (secondary N) is 2. The molecule has 3 rings (SSSR count). The zero-order valence-electron chi connectivity index (χ0n) is 17.9. The maximum absolute atomic E-state index is 13.2. The zero-order chi connectivity index (χ0) is 22.8. The molecule has 0 radical (unpaired) electrons. The summed E-state index contributed by atoms with van der Waals surface area (Å²) < 4.78 is 5.41. The second kappa shape index (κ2) is 8.87. The number of carbonyl (C=O) groups is 5. The summed E-state index contributed by atoms with van der Waals surface area (Å²) in [6, 6.07) is 4.14. The molecule has 4 amide bonds. The van der Waals surface area contributed by atoms with Gasteiger partial charge in [-0.25, -0.2) is 4.79 Å². The molecule has 9 heteroatoms. The highest BCUT2D eigenvalue weighted by Crippen LogP contribution is 2.26. The van der Waals surface area contributed by atoms with Gasteiger partial charge in [0.25, 0.3) is 11.8 Å². The van der Waals surface area contributed by atoms with Crippen LogP contribution >= 0.6 is 0 Å². The van der Waals surface area contributed by atoms with E-state index in [-0.39, 0.29) is 36.3 Å². The molecule has 1 aromatic rings. The Balaban J connectivity index is 1.88. The molecule has 0 spiro atoms. The van der Waals surface area contributed by atoms with Crippen LogP contribution in [0.2, 0.25) is 0 Å². The minimum atomic E-state index is -1.22. The minimum Gasteiger partial charge on any atom is -0.458 e. The van der Waals surface area contributed by atoms with Crippen molar-refractivity contribution in [3.63, 3.8) is 0 Å². The Morgan fingerprint density at radius 1 is 1.03 bits per heavy atom. The molecule has 2 unspecified atom stereocenters. The molecule has 2 aliphatic heterocycles. The van der Waals surface area contributed by atoms with Crippen LogP contribution in [0, 0.1) is 0 Å². The van der Waals surface area contributed by atoms with Crippen molar-refractivity contribution in [1.82, 2.24) is 15.5 Å². The molecular formula is C22H27N3O6. The average molecular weight is 429 g/mol. The summed E-state index contributed by atoms with van der Waals surface area (Å²) in [7, 11) is 0. The summed E-state index contributed by atoms with van der Waals surface area (Å²) in [5.41, 5.74) is -0.324. The fourth-order valence-electron chi connectivity index (χ4n) is 3.65. The number of carbonyl (C=O) groups excluding carboxylic acids is 5. The van der Waals surface area contributed by atoms with E-state index in [0.29, 0.717) is 13.0 Å². The first-order chi connectivity index (χ1) is 14.6. The van der Waals surface area contributed by atoms with E-state index in [1.807, 2.05) is 0 Å². The molecule has 2 atom stereocenters. The Morgan fingerprint density at radius 2 is 1.65 bits per heavy atom. The Bertz CT molecular complexity index is 885. The summed E-state index contributed by atoms with van der Waals surface area (Å²) in [5.74, 6) is -2.74. The van der Waals surface area contributed by atoms with Gasteiger partial charge in [0.2, 0.25) is 11.8 Å². The number of amides is 4. The van der Waals surface area contributed by atoms with Gasteiger partial charge in [0.05, 0.1) is 11.1 Å². The van der Waals surface area contributed by atoms with Crippen molar-refractivity contribution in [3.05, 3.63) is 35.4 Å². The van der Waals surface area contributed by atoms with Crippen LogP contribution in [0.4, 0.5) is 0 Å². The van der Waals surface area contributed by atoms with E-state index in [2.05, 4.69) is 10.6 Å². The molecule has 1 aromatic carbocycles. The van der Waals surface area contributed by atoms with Crippen LogP contribution in [-0.4, -0.2) is 58.7 Å². The van der Waals surface area contributed by atoms with Gasteiger partial charge in [0.1, 0.15) is 17.7 Å². The molecule has 166 valence electrons. The molecule has 2 aliphatic rings. The number of esters is 1. The molecule has 9 nitrogen and oxygen atoms in total. The number of benzene rings is 1. The van der Waals surface area contributed by atoms with Crippen molar-refractivity contribution >= 4 is 29.6 Å². The van der Waals surface area contributed by atoms with Crippen molar-refractivity contribution < 1.29 is 28.7 Å². The molecule has 0 aliphatic carbocycles. The molecule has 2 heterocycles. The molecule has 1 saturated heterocycles. The Labute approximate surface area is 180 Å². The first kappa shape index (κ1) is 22.5. The van der Waals surface area contributed by atoms with Gasteiger partial charge in [-0.2, -0.15) is 0 Å². The minimum absolute atomic E-state index is 0.0391. The quantitative estimate of drug-likeness (QED) is 0.538. The second-order valence-corrected chi connectivity index (χ2v) is 8.67. The highest BCUT2D eigenvalue weighted by molar-refractivity contribution is 6.22. The SMILES string of the molecule is CC(C)(C)OC(=O)C1CCCNC(=O)CCC(N2C(=O)c3ccccc3C2=O)C(=O)N1. The molecule has 0 aromatic heterocycles. The topological polar surface area (TPSA) is 122 Å². The van der Waals surface area contributed by atoms with Crippen LogP contribution in [0.3, 0.4) is 0 Å². The number of hydrogen-bond donors (Lipinski definition) is 2. The molecule has 0 saturated carbocycles. The Kier molecular flexibility index (Phi) is 6.42. The highest BCUT2D eigenvalue weighted by atomic mass is 16.6. The fourth-order valence-corrected chi connectivity index (χ4v) is 3.65. The van der Waals surface area contributed by atoms with E-state index in [9.17, 15) is 24.0 Å². The largest absolute Gasteiger partial charge is 0.458 e. The van der Waals surface area contributed by atoms with Crippen LogP contribution in [0.1, 0.15) is 67.2 Å². The van der Waals surface area contributed by atoms with Crippen LogP contribution in [0.15, 0.2) is 24.3 Å². The van der Waals surface area contributed by atoms with Crippen molar-refractivity contribution in [2.24, 2.45) is 0 Å². The van der Waals surface area contributed by atoms with Gasteiger partial charge in [-0.1, -0.05) is 12.1 Å². The average Bonchev–Trinajstić information content (AvgIpc) is 2.92. The molecule has 0 bridgehead atoms. The van der Waals surface area contributed by atoms with Gasteiger partial charge in [-0.05, 0) is 52.2 Å².